The quantitative estimate of drug-likeness (QED) is 0.795. The van der Waals surface area contributed by atoms with Crippen molar-refractivity contribution < 1.29 is 0 Å². The van der Waals surface area contributed by atoms with Crippen LogP contribution in [0.2, 0.25) is 0 Å². The topological polar surface area (TPSA) is 21.1 Å². The van der Waals surface area contributed by atoms with Gasteiger partial charge in [0.2, 0.25) is 0 Å². The van der Waals surface area contributed by atoms with Gasteiger partial charge in [-0.2, -0.15) is 5.10 Å². The number of hydrogen-bond acceptors (Lipinski definition) is 2. The van der Waals surface area contributed by atoms with Crippen molar-refractivity contribution in [2.24, 2.45) is 7.05 Å². The highest BCUT2D eigenvalue weighted by atomic mass is 79.9. The van der Waals surface area contributed by atoms with Crippen LogP contribution in [-0.4, -0.2) is 33.1 Å². The fraction of sp³-hybridized carbons (Fsp3) is 0.750. The highest BCUT2D eigenvalue weighted by Gasteiger charge is 2.25. The summed E-state index contributed by atoms with van der Waals surface area (Å²) in [4.78, 5) is 2.47. The lowest BCUT2D eigenvalue weighted by molar-refractivity contribution is 0.255. The Morgan fingerprint density at radius 3 is 2.88 bits per heavy atom. The lowest BCUT2D eigenvalue weighted by atomic mass is 10.2. The van der Waals surface area contributed by atoms with Crippen LogP contribution in [0.5, 0.6) is 0 Å². The second-order valence-corrected chi connectivity index (χ2v) is 5.71. The number of rotatable bonds is 4. The summed E-state index contributed by atoms with van der Waals surface area (Å²) in [6.07, 6.45) is 3.44. The minimum Gasteiger partial charge on any atom is -0.293 e. The Bertz CT molecular complexity index is 391. The van der Waals surface area contributed by atoms with Crippen molar-refractivity contribution in [2.75, 3.05) is 12.4 Å². The summed E-state index contributed by atoms with van der Waals surface area (Å²) in [6.45, 7) is 4.23. The lowest BCUT2D eigenvalue weighted by Crippen LogP contribution is -2.31. The summed E-state index contributed by atoms with van der Waals surface area (Å²) in [5.74, 6) is 0.732. The van der Waals surface area contributed by atoms with E-state index in [2.05, 4.69) is 32.9 Å². The molecule has 5 heteroatoms. The fourth-order valence-corrected chi connectivity index (χ4v) is 3.55. The Kier molecular flexibility index (Phi) is 4.50. The van der Waals surface area contributed by atoms with Crippen molar-refractivity contribution in [3.05, 3.63) is 15.9 Å². The molecule has 0 N–H and O–H groups in total. The molecule has 0 saturated carbocycles. The second-order valence-electron chi connectivity index (χ2n) is 4.61. The molecule has 2 heterocycles. The van der Waals surface area contributed by atoms with Gasteiger partial charge >= 0.3 is 0 Å². The van der Waals surface area contributed by atoms with Crippen molar-refractivity contribution in [1.29, 1.82) is 0 Å². The van der Waals surface area contributed by atoms with E-state index in [-0.39, 0.29) is 0 Å². The van der Waals surface area contributed by atoms with E-state index in [1.807, 2.05) is 11.7 Å². The number of hydrogen-bond donors (Lipinski definition) is 0. The Balaban J connectivity index is 2.15. The van der Waals surface area contributed by atoms with E-state index in [0.717, 1.165) is 31.1 Å². The molecule has 1 unspecified atom stereocenters. The summed E-state index contributed by atoms with van der Waals surface area (Å²) in [5.41, 5.74) is 2.41. The normalized spacial score (nSPS) is 21.3. The summed E-state index contributed by atoms with van der Waals surface area (Å²) in [6, 6.07) is 0.531. The van der Waals surface area contributed by atoms with Crippen LogP contribution in [0.3, 0.4) is 0 Å². The van der Waals surface area contributed by atoms with Gasteiger partial charge in [-0.25, -0.2) is 0 Å². The first-order valence-corrected chi connectivity index (χ1v) is 7.50. The van der Waals surface area contributed by atoms with Gasteiger partial charge in [0, 0.05) is 25.5 Å². The maximum absolute atomic E-state index is 6.01. The van der Waals surface area contributed by atoms with Crippen LogP contribution in [0, 0.1) is 0 Å². The van der Waals surface area contributed by atoms with Gasteiger partial charge in [0.25, 0.3) is 0 Å². The molecule has 1 fully saturated rings. The standard InChI is InChI=1S/C12H19BrClN3/c1-3-10-12(13)11(16(2)15-10)8-17-6-4-5-9(17)7-14/h9H,3-8H2,1-2H3. The van der Waals surface area contributed by atoms with Gasteiger partial charge in [-0.3, -0.25) is 9.58 Å². The third-order valence-corrected chi connectivity index (χ3v) is 4.80. The van der Waals surface area contributed by atoms with E-state index in [9.17, 15) is 0 Å². The minimum absolute atomic E-state index is 0.531. The third-order valence-electron chi connectivity index (χ3n) is 3.53. The first-order chi connectivity index (χ1) is 8.17. The summed E-state index contributed by atoms with van der Waals surface area (Å²) in [5, 5.41) is 4.53. The molecule has 96 valence electrons. The SMILES string of the molecule is CCc1nn(C)c(CN2CCCC2CCl)c1Br. The molecule has 1 atom stereocenters. The molecule has 2 rings (SSSR count). The summed E-state index contributed by atoms with van der Waals surface area (Å²) >= 11 is 9.67. The van der Waals surface area contributed by atoms with Gasteiger partial charge in [0.1, 0.15) is 0 Å². The smallest absolute Gasteiger partial charge is 0.0767 e. The number of likely N-dealkylation sites (tertiary alicyclic amines) is 1. The highest BCUT2D eigenvalue weighted by Crippen LogP contribution is 2.26. The third kappa shape index (κ3) is 2.69. The van der Waals surface area contributed by atoms with Crippen LogP contribution in [0.25, 0.3) is 0 Å². The van der Waals surface area contributed by atoms with Gasteiger partial charge < -0.3 is 0 Å². The van der Waals surface area contributed by atoms with Crippen molar-refractivity contribution in [3.8, 4) is 0 Å². The average molecular weight is 321 g/mol. The van der Waals surface area contributed by atoms with Crippen LogP contribution < -0.4 is 0 Å². The van der Waals surface area contributed by atoms with Gasteiger partial charge in [0.15, 0.2) is 0 Å². The van der Waals surface area contributed by atoms with Gasteiger partial charge in [0.05, 0.1) is 15.9 Å². The first kappa shape index (κ1) is 13.4. The van der Waals surface area contributed by atoms with Crippen molar-refractivity contribution in [3.63, 3.8) is 0 Å². The Labute approximate surface area is 116 Å². The minimum atomic E-state index is 0.531. The number of aryl methyl sites for hydroxylation is 2. The van der Waals surface area contributed by atoms with E-state index >= 15 is 0 Å². The molecule has 0 aliphatic carbocycles. The molecule has 1 aromatic rings. The molecule has 1 aliphatic rings. The van der Waals surface area contributed by atoms with E-state index < -0.39 is 0 Å². The summed E-state index contributed by atoms with van der Waals surface area (Å²) in [7, 11) is 2.02. The molecule has 1 aliphatic heterocycles. The van der Waals surface area contributed by atoms with E-state index in [4.69, 9.17) is 11.6 Å². The largest absolute Gasteiger partial charge is 0.293 e. The van der Waals surface area contributed by atoms with Crippen LogP contribution in [0.15, 0.2) is 4.47 Å². The van der Waals surface area contributed by atoms with Gasteiger partial charge in [-0.05, 0) is 41.7 Å². The molecule has 3 nitrogen and oxygen atoms in total. The Morgan fingerprint density at radius 2 is 2.29 bits per heavy atom. The zero-order valence-electron chi connectivity index (χ0n) is 10.4. The van der Waals surface area contributed by atoms with Crippen molar-refractivity contribution in [1.82, 2.24) is 14.7 Å². The van der Waals surface area contributed by atoms with E-state index in [0.29, 0.717) is 6.04 Å². The molecule has 0 radical (unpaired) electrons. The fourth-order valence-electron chi connectivity index (χ4n) is 2.46. The maximum atomic E-state index is 6.01. The molecule has 1 saturated heterocycles. The molecule has 0 amide bonds. The van der Waals surface area contributed by atoms with Gasteiger partial charge in [-0.15, -0.1) is 11.6 Å². The zero-order chi connectivity index (χ0) is 12.4. The second kappa shape index (κ2) is 5.72. The summed E-state index contributed by atoms with van der Waals surface area (Å²) < 4.78 is 3.16. The number of nitrogens with zero attached hydrogens (tertiary/aromatic N) is 3. The highest BCUT2D eigenvalue weighted by molar-refractivity contribution is 9.10. The van der Waals surface area contributed by atoms with E-state index in [1.165, 1.54) is 23.0 Å². The number of aromatic nitrogens is 2. The van der Waals surface area contributed by atoms with Crippen LogP contribution in [0.4, 0.5) is 0 Å². The number of halogens is 2. The average Bonchev–Trinajstić information content (AvgIpc) is 2.88. The molecular weight excluding hydrogens is 302 g/mol. The Hall–Kier alpha value is -0.0600. The predicted molar refractivity (Wildman–Crippen MR) is 74.4 cm³/mol. The molecule has 0 aromatic carbocycles. The molecule has 1 aromatic heterocycles. The monoisotopic (exact) mass is 319 g/mol. The molecule has 17 heavy (non-hydrogen) atoms. The molecular formula is C12H19BrClN3. The zero-order valence-corrected chi connectivity index (χ0v) is 12.8. The molecule has 0 spiro atoms. The van der Waals surface area contributed by atoms with Crippen LogP contribution in [-0.2, 0) is 20.0 Å². The van der Waals surface area contributed by atoms with Crippen LogP contribution >= 0.6 is 27.5 Å². The lowest BCUT2D eigenvalue weighted by Gasteiger charge is -2.22. The first-order valence-electron chi connectivity index (χ1n) is 6.17. The molecule has 0 bridgehead atoms. The predicted octanol–water partition coefficient (Wildman–Crippen LogP) is 2.95. The van der Waals surface area contributed by atoms with E-state index in [1.54, 1.807) is 0 Å². The Morgan fingerprint density at radius 1 is 1.53 bits per heavy atom. The maximum Gasteiger partial charge on any atom is 0.0767 e. The number of alkyl halides is 1. The van der Waals surface area contributed by atoms with Crippen LogP contribution in [0.1, 0.15) is 31.2 Å². The van der Waals surface area contributed by atoms with Crippen molar-refractivity contribution in [2.45, 2.75) is 38.8 Å². The van der Waals surface area contributed by atoms with Gasteiger partial charge in [-0.1, -0.05) is 6.92 Å². The van der Waals surface area contributed by atoms with Crippen molar-refractivity contribution >= 4 is 27.5 Å².